The van der Waals surface area contributed by atoms with E-state index in [1.165, 1.54) is 23.2 Å². The first-order valence-electron chi connectivity index (χ1n) is 13.0. The van der Waals surface area contributed by atoms with Crippen LogP contribution in [0.2, 0.25) is 0 Å². The van der Waals surface area contributed by atoms with Crippen LogP contribution in [-0.2, 0) is 24.2 Å². The van der Waals surface area contributed by atoms with E-state index in [1.54, 1.807) is 0 Å². The standard InChI is InChI=1S/C28H37N5O2/c1-20(2)19-35-28(34)32-15-13-21(16-32)17-33-24-11-5-4-10-23(24)30-26(33)18-31(3)25-12-6-8-22-9-7-14-29-27(22)25/h4-5,7,9-11,14,20-21,25H,6,8,12-13,15-19H2,1-3H3. The van der Waals surface area contributed by atoms with Crippen molar-refractivity contribution in [3.63, 3.8) is 0 Å². The highest BCUT2D eigenvalue weighted by atomic mass is 16.6. The molecule has 7 nitrogen and oxygen atoms in total. The van der Waals surface area contributed by atoms with Crippen LogP contribution >= 0.6 is 0 Å². The fourth-order valence-electron chi connectivity index (χ4n) is 5.53. The lowest BCUT2D eigenvalue weighted by Gasteiger charge is -2.32. The summed E-state index contributed by atoms with van der Waals surface area (Å²) in [4.78, 5) is 26.5. The maximum absolute atomic E-state index is 12.5. The second-order valence-corrected chi connectivity index (χ2v) is 10.6. The molecule has 2 aromatic heterocycles. The number of carbonyl (C=O) groups excluding carboxylic acids is 1. The first kappa shape index (κ1) is 23.8. The van der Waals surface area contributed by atoms with Crippen molar-refractivity contribution in [2.24, 2.45) is 11.8 Å². The number of fused-ring (bicyclic) bond motifs is 2. The zero-order valence-corrected chi connectivity index (χ0v) is 21.2. The van der Waals surface area contributed by atoms with Crippen molar-refractivity contribution in [3.05, 3.63) is 59.7 Å². The van der Waals surface area contributed by atoms with E-state index in [-0.39, 0.29) is 6.09 Å². The van der Waals surface area contributed by atoms with Crippen molar-refractivity contribution < 1.29 is 9.53 Å². The summed E-state index contributed by atoms with van der Waals surface area (Å²) >= 11 is 0. The van der Waals surface area contributed by atoms with Crippen LogP contribution in [0.4, 0.5) is 4.79 Å². The topological polar surface area (TPSA) is 63.5 Å². The number of rotatable bonds is 7. The van der Waals surface area contributed by atoms with Gasteiger partial charge in [0.15, 0.2) is 0 Å². The molecule has 0 N–H and O–H groups in total. The molecule has 35 heavy (non-hydrogen) atoms. The Kier molecular flexibility index (Phi) is 7.04. The minimum Gasteiger partial charge on any atom is -0.449 e. The van der Waals surface area contributed by atoms with E-state index in [2.05, 4.69) is 60.7 Å². The van der Waals surface area contributed by atoms with Crippen molar-refractivity contribution in [2.45, 2.75) is 58.7 Å². The third kappa shape index (κ3) is 5.20. The molecule has 0 spiro atoms. The second-order valence-electron chi connectivity index (χ2n) is 10.6. The quantitative estimate of drug-likeness (QED) is 0.478. The minimum absolute atomic E-state index is 0.180. The maximum atomic E-state index is 12.5. The number of benzene rings is 1. The molecule has 1 aromatic carbocycles. The van der Waals surface area contributed by atoms with E-state index in [0.29, 0.717) is 24.5 Å². The first-order chi connectivity index (χ1) is 17.0. The Morgan fingerprint density at radius 2 is 2.06 bits per heavy atom. The van der Waals surface area contributed by atoms with Gasteiger partial charge in [-0.3, -0.25) is 9.88 Å². The Morgan fingerprint density at radius 1 is 1.20 bits per heavy atom. The zero-order valence-electron chi connectivity index (χ0n) is 21.2. The fourth-order valence-corrected chi connectivity index (χ4v) is 5.53. The third-order valence-electron chi connectivity index (χ3n) is 7.35. The summed E-state index contributed by atoms with van der Waals surface area (Å²) in [5.41, 5.74) is 4.79. The van der Waals surface area contributed by atoms with Crippen LogP contribution in [0.5, 0.6) is 0 Å². The van der Waals surface area contributed by atoms with E-state index in [1.807, 2.05) is 17.2 Å². The van der Waals surface area contributed by atoms with E-state index in [4.69, 9.17) is 14.7 Å². The van der Waals surface area contributed by atoms with Gasteiger partial charge in [-0.05, 0) is 68.3 Å². The average Bonchev–Trinajstić information content (AvgIpc) is 3.47. The Labute approximate surface area is 208 Å². The number of nitrogens with zero attached hydrogens (tertiary/aromatic N) is 5. The number of para-hydroxylation sites is 2. The number of amides is 1. The molecule has 186 valence electrons. The Bertz CT molecular complexity index is 1170. The molecule has 1 saturated heterocycles. The van der Waals surface area contributed by atoms with Gasteiger partial charge in [-0.15, -0.1) is 0 Å². The summed E-state index contributed by atoms with van der Waals surface area (Å²) in [6.07, 6.45) is 6.15. The molecule has 0 saturated carbocycles. The lowest BCUT2D eigenvalue weighted by atomic mass is 9.91. The monoisotopic (exact) mass is 475 g/mol. The van der Waals surface area contributed by atoms with Crippen molar-refractivity contribution in [2.75, 3.05) is 26.7 Å². The summed E-state index contributed by atoms with van der Waals surface area (Å²) in [6, 6.07) is 13.0. The first-order valence-corrected chi connectivity index (χ1v) is 13.0. The van der Waals surface area contributed by atoms with Gasteiger partial charge in [-0.1, -0.05) is 32.0 Å². The molecule has 0 radical (unpaired) electrons. The van der Waals surface area contributed by atoms with Crippen molar-refractivity contribution >= 4 is 17.1 Å². The van der Waals surface area contributed by atoms with Gasteiger partial charge in [-0.2, -0.15) is 0 Å². The number of aryl methyl sites for hydroxylation is 1. The number of likely N-dealkylation sites (tertiary alicyclic amines) is 1. The van der Waals surface area contributed by atoms with Gasteiger partial charge in [0, 0.05) is 25.8 Å². The smallest absolute Gasteiger partial charge is 0.409 e. The molecule has 7 heteroatoms. The molecule has 0 bridgehead atoms. The Balaban J connectivity index is 1.33. The number of aromatic nitrogens is 3. The number of ether oxygens (including phenoxy) is 1. The minimum atomic E-state index is -0.180. The van der Waals surface area contributed by atoms with Crippen LogP contribution in [0, 0.1) is 11.8 Å². The molecule has 2 unspecified atom stereocenters. The van der Waals surface area contributed by atoms with Gasteiger partial charge in [0.2, 0.25) is 0 Å². The van der Waals surface area contributed by atoms with Gasteiger partial charge in [0.1, 0.15) is 5.82 Å². The van der Waals surface area contributed by atoms with E-state index in [9.17, 15) is 4.79 Å². The van der Waals surface area contributed by atoms with E-state index < -0.39 is 0 Å². The van der Waals surface area contributed by atoms with Crippen molar-refractivity contribution in [1.82, 2.24) is 24.3 Å². The molecule has 1 amide bonds. The molecule has 1 aliphatic carbocycles. The molecule has 3 aromatic rings. The predicted octanol–water partition coefficient (Wildman–Crippen LogP) is 5.06. The summed E-state index contributed by atoms with van der Waals surface area (Å²) in [7, 11) is 2.19. The number of hydrogen-bond acceptors (Lipinski definition) is 5. The van der Waals surface area contributed by atoms with Gasteiger partial charge < -0.3 is 14.2 Å². The van der Waals surface area contributed by atoms with Crippen LogP contribution < -0.4 is 0 Å². The molecule has 3 heterocycles. The highest BCUT2D eigenvalue weighted by molar-refractivity contribution is 5.76. The SMILES string of the molecule is CC(C)COC(=O)N1CCC(Cn2c(CN(C)C3CCCc4cccnc43)nc3ccccc32)C1. The number of imidazole rings is 1. The third-order valence-corrected chi connectivity index (χ3v) is 7.35. The number of hydrogen-bond donors (Lipinski definition) is 0. The largest absolute Gasteiger partial charge is 0.449 e. The Hall–Kier alpha value is -2.93. The zero-order chi connectivity index (χ0) is 24.4. The summed E-state index contributed by atoms with van der Waals surface area (Å²) in [5.74, 6) is 1.82. The maximum Gasteiger partial charge on any atom is 0.409 e. The molecule has 2 atom stereocenters. The molecular weight excluding hydrogens is 438 g/mol. The summed E-state index contributed by atoms with van der Waals surface area (Å²) < 4.78 is 7.85. The summed E-state index contributed by atoms with van der Waals surface area (Å²) in [5, 5.41) is 0. The van der Waals surface area contributed by atoms with Crippen LogP contribution in [-0.4, -0.2) is 57.2 Å². The van der Waals surface area contributed by atoms with Crippen molar-refractivity contribution in [1.29, 1.82) is 0 Å². The second kappa shape index (κ2) is 10.4. The highest BCUT2D eigenvalue weighted by Crippen LogP contribution is 2.33. The lowest BCUT2D eigenvalue weighted by Crippen LogP contribution is -2.31. The van der Waals surface area contributed by atoms with Crippen LogP contribution in [0.15, 0.2) is 42.6 Å². The van der Waals surface area contributed by atoms with Gasteiger partial charge in [-0.25, -0.2) is 9.78 Å². The number of carbonyl (C=O) groups is 1. The van der Waals surface area contributed by atoms with Crippen LogP contribution in [0.3, 0.4) is 0 Å². The van der Waals surface area contributed by atoms with E-state index >= 15 is 0 Å². The normalized spacial score (nSPS) is 20.1. The molecular formula is C28H37N5O2. The fraction of sp³-hybridized carbons (Fsp3) is 0.536. The number of pyridine rings is 1. The van der Waals surface area contributed by atoms with E-state index in [0.717, 1.165) is 56.8 Å². The molecule has 5 rings (SSSR count). The van der Waals surface area contributed by atoms with Gasteiger partial charge in [0.05, 0.1) is 35.9 Å². The van der Waals surface area contributed by atoms with Gasteiger partial charge in [0.25, 0.3) is 0 Å². The van der Waals surface area contributed by atoms with Crippen LogP contribution in [0.25, 0.3) is 11.0 Å². The molecule has 1 aliphatic heterocycles. The average molecular weight is 476 g/mol. The predicted molar refractivity (Wildman–Crippen MR) is 137 cm³/mol. The molecule has 2 aliphatic rings. The van der Waals surface area contributed by atoms with Gasteiger partial charge >= 0.3 is 6.09 Å². The van der Waals surface area contributed by atoms with Crippen molar-refractivity contribution in [3.8, 4) is 0 Å². The lowest BCUT2D eigenvalue weighted by molar-refractivity contribution is 0.0981. The summed E-state index contributed by atoms with van der Waals surface area (Å²) in [6.45, 7) is 7.71. The molecule has 1 fully saturated rings. The highest BCUT2D eigenvalue weighted by Gasteiger charge is 2.30. The Morgan fingerprint density at radius 3 is 2.91 bits per heavy atom. The van der Waals surface area contributed by atoms with Crippen LogP contribution in [0.1, 0.15) is 56.2 Å².